The Bertz CT molecular complexity index is 1940. The third-order valence-electron chi connectivity index (χ3n) is 7.11. The molecule has 0 N–H and O–H groups in total. The maximum absolute atomic E-state index is 12.7. The molecule has 0 unspecified atom stereocenters. The van der Waals surface area contributed by atoms with Crippen molar-refractivity contribution in [2.24, 2.45) is 14.1 Å². The summed E-state index contributed by atoms with van der Waals surface area (Å²) in [7, 11) is 5.37. The number of rotatable bonds is 4. The van der Waals surface area contributed by atoms with E-state index in [1.807, 2.05) is 78.3 Å². The van der Waals surface area contributed by atoms with Gasteiger partial charge in [0.2, 0.25) is 5.43 Å². The first kappa shape index (κ1) is 23.1. The second-order valence-electron chi connectivity index (χ2n) is 9.20. The van der Waals surface area contributed by atoms with Crippen molar-refractivity contribution in [3.8, 4) is 11.3 Å². The molecule has 184 valence electrons. The Hall–Kier alpha value is -4.36. The summed E-state index contributed by atoms with van der Waals surface area (Å²) >= 11 is 6.85. The highest BCUT2D eigenvalue weighted by Gasteiger charge is 2.23. The lowest BCUT2D eigenvalue weighted by atomic mass is 10.1. The number of halogens is 1. The molecule has 0 aliphatic heterocycles. The normalized spacial score (nSPS) is 11.7. The van der Waals surface area contributed by atoms with Crippen LogP contribution < -0.4 is 15.8 Å². The van der Waals surface area contributed by atoms with Crippen molar-refractivity contribution < 1.29 is 9.53 Å². The van der Waals surface area contributed by atoms with Gasteiger partial charge in [-0.25, -0.2) is 4.79 Å². The fourth-order valence-corrected chi connectivity index (χ4v) is 5.46. The van der Waals surface area contributed by atoms with E-state index in [0.29, 0.717) is 21.6 Å². The van der Waals surface area contributed by atoms with Gasteiger partial charge in [0.25, 0.3) is 5.43 Å². The van der Waals surface area contributed by atoms with Crippen LogP contribution in [0.15, 0.2) is 76.3 Å². The van der Waals surface area contributed by atoms with Crippen LogP contribution in [0.3, 0.4) is 0 Å². The molecule has 6 aromatic rings. The number of hydrogen-bond donors (Lipinski definition) is 0. The summed E-state index contributed by atoms with van der Waals surface area (Å²) in [6, 6.07) is 20.9. The van der Waals surface area contributed by atoms with Crippen molar-refractivity contribution >= 4 is 56.1 Å². The van der Waals surface area contributed by atoms with Gasteiger partial charge < -0.3 is 13.9 Å². The molecule has 0 aliphatic rings. The number of ether oxygens (including phenoxy) is 1. The lowest BCUT2D eigenvalue weighted by Crippen LogP contribution is -2.31. The second kappa shape index (κ2) is 8.35. The molecule has 0 atom stereocenters. The van der Waals surface area contributed by atoms with Gasteiger partial charge in [0.15, 0.2) is 0 Å². The van der Waals surface area contributed by atoms with Gasteiger partial charge >= 0.3 is 6.09 Å². The maximum atomic E-state index is 12.7. The number of hydrogen-bond acceptors (Lipinski definition) is 4. The molecule has 4 aromatic carbocycles. The summed E-state index contributed by atoms with van der Waals surface area (Å²) in [5, 5.41) is 2.68. The van der Waals surface area contributed by atoms with Gasteiger partial charge in [-0.1, -0.05) is 54.1 Å². The van der Waals surface area contributed by atoms with E-state index in [1.54, 1.807) is 18.7 Å². The van der Waals surface area contributed by atoms with Crippen LogP contribution in [0.1, 0.15) is 5.56 Å². The van der Waals surface area contributed by atoms with Crippen LogP contribution in [0.4, 0.5) is 10.5 Å². The Labute approximate surface area is 216 Å². The predicted octanol–water partition coefficient (Wildman–Crippen LogP) is 5.51. The first-order valence-corrected chi connectivity index (χ1v) is 12.1. The van der Waals surface area contributed by atoms with E-state index in [1.165, 1.54) is 4.90 Å². The molecule has 8 heteroatoms. The standard InChI is InChI=1S/C29H22ClN3O4/c1-31(29(36)37-15-16-7-5-4-6-8-16)18-10-12-20-22(14-18)32(2)25(24(20)30)17-9-11-19-21(13-17)33(3)26-23(19)27(34)28(26)35/h4-14H,15H2,1-3H3. The highest BCUT2D eigenvalue weighted by molar-refractivity contribution is 6.38. The highest BCUT2D eigenvalue weighted by Crippen LogP contribution is 2.40. The molecule has 6 rings (SSSR count). The number of aromatic nitrogens is 2. The monoisotopic (exact) mass is 511 g/mol. The van der Waals surface area contributed by atoms with Crippen LogP contribution in [0, 0.1) is 0 Å². The number of fused-ring (bicyclic) bond motifs is 4. The predicted molar refractivity (Wildman–Crippen MR) is 147 cm³/mol. The number of nitrogens with zero attached hydrogens (tertiary/aromatic N) is 3. The Morgan fingerprint density at radius 3 is 2.35 bits per heavy atom. The lowest BCUT2D eigenvalue weighted by molar-refractivity contribution is 0.148. The molecule has 37 heavy (non-hydrogen) atoms. The second-order valence-corrected chi connectivity index (χ2v) is 9.57. The Morgan fingerprint density at radius 2 is 1.59 bits per heavy atom. The zero-order chi connectivity index (χ0) is 26.0. The number of benzene rings is 3. The average Bonchev–Trinajstić information content (AvgIpc) is 3.34. The summed E-state index contributed by atoms with van der Waals surface area (Å²) in [6.45, 7) is 0.189. The number of amides is 1. The van der Waals surface area contributed by atoms with Gasteiger partial charge in [-0.2, -0.15) is 0 Å². The Balaban J connectivity index is 1.36. The summed E-state index contributed by atoms with van der Waals surface area (Å²) < 4.78 is 9.22. The molecule has 2 heterocycles. The first-order chi connectivity index (χ1) is 17.8. The Kier molecular flexibility index (Phi) is 5.21. The minimum atomic E-state index is -0.459. The fourth-order valence-electron chi connectivity index (χ4n) is 5.07. The highest BCUT2D eigenvalue weighted by atomic mass is 35.5. The number of carbonyl (C=O) groups is 1. The van der Waals surface area contributed by atoms with Crippen molar-refractivity contribution in [2.45, 2.75) is 6.61 Å². The van der Waals surface area contributed by atoms with Gasteiger partial charge in [-0.15, -0.1) is 0 Å². The van der Waals surface area contributed by atoms with Crippen LogP contribution in [0.5, 0.6) is 0 Å². The molecular weight excluding hydrogens is 490 g/mol. The largest absolute Gasteiger partial charge is 0.444 e. The van der Waals surface area contributed by atoms with Gasteiger partial charge in [0.1, 0.15) is 12.1 Å². The number of aryl methyl sites for hydroxylation is 2. The maximum Gasteiger partial charge on any atom is 0.414 e. The first-order valence-electron chi connectivity index (χ1n) is 11.7. The molecular formula is C29H22ClN3O4. The van der Waals surface area contributed by atoms with Crippen molar-refractivity contribution in [1.82, 2.24) is 9.13 Å². The van der Waals surface area contributed by atoms with Crippen LogP contribution in [-0.4, -0.2) is 22.3 Å². The van der Waals surface area contributed by atoms with Crippen LogP contribution >= 0.6 is 11.6 Å². The van der Waals surface area contributed by atoms with Crippen LogP contribution in [-0.2, 0) is 25.4 Å². The lowest BCUT2D eigenvalue weighted by Gasteiger charge is -2.17. The van der Waals surface area contributed by atoms with Gasteiger partial charge in [-0.3, -0.25) is 14.5 Å². The van der Waals surface area contributed by atoms with E-state index in [0.717, 1.165) is 38.6 Å². The van der Waals surface area contributed by atoms with Gasteiger partial charge in [0.05, 0.1) is 21.6 Å². The molecule has 0 fully saturated rings. The van der Waals surface area contributed by atoms with E-state index in [4.69, 9.17) is 16.3 Å². The van der Waals surface area contributed by atoms with Crippen LogP contribution in [0.2, 0.25) is 5.02 Å². The molecule has 0 bridgehead atoms. The summed E-state index contributed by atoms with van der Waals surface area (Å²) in [6.07, 6.45) is -0.459. The van der Waals surface area contributed by atoms with Crippen molar-refractivity contribution in [3.63, 3.8) is 0 Å². The van der Waals surface area contributed by atoms with Crippen molar-refractivity contribution in [2.75, 3.05) is 11.9 Å². The average molecular weight is 512 g/mol. The SMILES string of the molecule is CN(C(=O)OCc1ccccc1)c1ccc2c(Cl)c(-c3ccc4c5c(=O)c(=O)c5n(C)c4c3)n(C)c2c1. The minimum absolute atomic E-state index is 0.189. The molecule has 0 radical (unpaired) electrons. The summed E-state index contributed by atoms with van der Waals surface area (Å²) in [5.74, 6) is 0. The zero-order valence-corrected chi connectivity index (χ0v) is 21.2. The van der Waals surface area contributed by atoms with Crippen LogP contribution in [0.25, 0.3) is 44.0 Å². The Morgan fingerprint density at radius 1 is 0.892 bits per heavy atom. The summed E-state index contributed by atoms with van der Waals surface area (Å²) in [5.41, 5.74) is 4.45. The summed E-state index contributed by atoms with van der Waals surface area (Å²) in [4.78, 5) is 38.3. The fraction of sp³-hybridized carbons (Fsp3) is 0.138. The van der Waals surface area contributed by atoms with E-state index >= 15 is 0 Å². The smallest absolute Gasteiger partial charge is 0.414 e. The molecule has 0 aliphatic carbocycles. The number of carbonyl (C=O) groups excluding carboxylic acids is 1. The number of anilines is 1. The van der Waals surface area contributed by atoms with Crippen molar-refractivity contribution in [3.05, 3.63) is 97.8 Å². The van der Waals surface area contributed by atoms with E-state index in [-0.39, 0.29) is 6.61 Å². The molecule has 0 saturated carbocycles. The third kappa shape index (κ3) is 3.38. The van der Waals surface area contributed by atoms with E-state index in [2.05, 4.69) is 0 Å². The quantitative estimate of drug-likeness (QED) is 0.292. The van der Waals surface area contributed by atoms with E-state index < -0.39 is 17.0 Å². The van der Waals surface area contributed by atoms with Gasteiger partial charge in [-0.05, 0) is 29.8 Å². The molecule has 7 nitrogen and oxygen atoms in total. The van der Waals surface area contributed by atoms with Crippen molar-refractivity contribution in [1.29, 1.82) is 0 Å². The van der Waals surface area contributed by atoms with Gasteiger partial charge in [0, 0.05) is 48.7 Å². The molecule has 0 spiro atoms. The van der Waals surface area contributed by atoms with E-state index in [9.17, 15) is 14.4 Å². The zero-order valence-electron chi connectivity index (χ0n) is 20.4. The topological polar surface area (TPSA) is 73.5 Å². The molecule has 2 aromatic heterocycles. The third-order valence-corrected chi connectivity index (χ3v) is 7.49. The molecule has 1 amide bonds. The minimum Gasteiger partial charge on any atom is -0.444 e. The molecule has 0 saturated heterocycles.